The highest BCUT2D eigenvalue weighted by Gasteiger charge is 2.32. The topological polar surface area (TPSA) is 61.6 Å². The molecule has 0 aromatic carbocycles. The molecule has 0 bridgehead atoms. The fraction of sp³-hybridized carbons (Fsp3) is 0.923. The number of carbonyl (C=O) groups excluding carboxylic acids is 1. The van der Waals surface area contributed by atoms with Gasteiger partial charge in [0.25, 0.3) is 0 Å². The van der Waals surface area contributed by atoms with Crippen LogP contribution in [0.2, 0.25) is 0 Å². The average molecular weight is 254 g/mol. The summed E-state index contributed by atoms with van der Waals surface area (Å²) in [4.78, 5) is 14.5. The number of likely N-dealkylation sites (N-methyl/N-ethyl adjacent to an activating group) is 1. The van der Waals surface area contributed by atoms with Crippen LogP contribution < -0.4 is 11.2 Å². The Morgan fingerprint density at radius 3 is 2.56 bits per heavy atom. The number of hydrogen-bond donors (Lipinski definition) is 2. The standard InChI is InChI=1S/C13H26N4O/c1-10-3-4-12(14)11(9-10)13(18)15-17-7-5-16(2)6-8-17/h10-12H,3-9,14H2,1-2H3,(H,15,18). The second kappa shape index (κ2) is 5.99. The molecule has 0 radical (unpaired) electrons. The van der Waals surface area contributed by atoms with Crippen molar-refractivity contribution in [3.8, 4) is 0 Å². The molecule has 0 spiro atoms. The minimum atomic E-state index is -0.00611. The summed E-state index contributed by atoms with van der Waals surface area (Å²) in [5.41, 5.74) is 9.13. The van der Waals surface area contributed by atoms with Crippen LogP contribution in [0.15, 0.2) is 0 Å². The summed E-state index contributed by atoms with van der Waals surface area (Å²) in [6.45, 7) is 6.03. The summed E-state index contributed by atoms with van der Waals surface area (Å²) < 4.78 is 0. The Hall–Kier alpha value is -0.650. The minimum absolute atomic E-state index is 0.00611. The second-order valence-corrected chi connectivity index (χ2v) is 5.95. The first-order valence-electron chi connectivity index (χ1n) is 7.06. The second-order valence-electron chi connectivity index (χ2n) is 5.95. The van der Waals surface area contributed by atoms with Gasteiger partial charge in [-0.25, -0.2) is 5.01 Å². The largest absolute Gasteiger partial charge is 0.327 e. The van der Waals surface area contributed by atoms with Gasteiger partial charge in [0.1, 0.15) is 0 Å². The SMILES string of the molecule is CC1CCC(N)C(C(=O)NN2CCN(C)CC2)C1. The van der Waals surface area contributed by atoms with Crippen molar-refractivity contribution in [3.05, 3.63) is 0 Å². The van der Waals surface area contributed by atoms with Crippen molar-refractivity contribution in [1.29, 1.82) is 0 Å². The minimum Gasteiger partial charge on any atom is -0.327 e. The lowest BCUT2D eigenvalue weighted by Crippen LogP contribution is -2.56. The number of piperazine rings is 1. The van der Waals surface area contributed by atoms with Crippen LogP contribution in [0.1, 0.15) is 26.2 Å². The molecule has 2 aliphatic rings. The van der Waals surface area contributed by atoms with E-state index in [1.54, 1.807) is 0 Å². The molecule has 2 fully saturated rings. The molecular weight excluding hydrogens is 228 g/mol. The molecule has 1 heterocycles. The Kier molecular flexibility index (Phi) is 4.59. The third-order valence-electron chi connectivity index (χ3n) is 4.27. The Balaban J connectivity index is 1.83. The molecule has 1 aliphatic heterocycles. The summed E-state index contributed by atoms with van der Waals surface area (Å²) in [7, 11) is 2.11. The van der Waals surface area contributed by atoms with E-state index in [4.69, 9.17) is 5.73 Å². The number of rotatable bonds is 2. The lowest BCUT2D eigenvalue weighted by atomic mass is 9.79. The Bertz CT molecular complexity index is 289. The van der Waals surface area contributed by atoms with Gasteiger partial charge in [0, 0.05) is 32.2 Å². The van der Waals surface area contributed by atoms with Crippen LogP contribution in [0.3, 0.4) is 0 Å². The zero-order valence-electron chi connectivity index (χ0n) is 11.6. The zero-order chi connectivity index (χ0) is 13.1. The molecule has 1 aliphatic carbocycles. The normalized spacial score (nSPS) is 35.4. The maximum atomic E-state index is 12.3. The molecule has 0 aromatic heterocycles. The van der Waals surface area contributed by atoms with Gasteiger partial charge >= 0.3 is 0 Å². The van der Waals surface area contributed by atoms with Crippen LogP contribution in [0, 0.1) is 11.8 Å². The first-order valence-corrected chi connectivity index (χ1v) is 7.06. The number of hydrazine groups is 1. The van der Waals surface area contributed by atoms with Gasteiger partial charge in [-0.15, -0.1) is 0 Å². The van der Waals surface area contributed by atoms with Crippen molar-refractivity contribution in [3.63, 3.8) is 0 Å². The lowest BCUT2D eigenvalue weighted by molar-refractivity contribution is -0.132. The van der Waals surface area contributed by atoms with E-state index < -0.39 is 0 Å². The van der Waals surface area contributed by atoms with E-state index in [0.29, 0.717) is 5.92 Å². The highest BCUT2D eigenvalue weighted by Crippen LogP contribution is 2.28. The monoisotopic (exact) mass is 254 g/mol. The van der Waals surface area contributed by atoms with Gasteiger partial charge < -0.3 is 10.6 Å². The third-order valence-corrected chi connectivity index (χ3v) is 4.27. The van der Waals surface area contributed by atoms with E-state index in [2.05, 4.69) is 24.3 Å². The molecular formula is C13H26N4O. The highest BCUT2D eigenvalue weighted by atomic mass is 16.2. The zero-order valence-corrected chi connectivity index (χ0v) is 11.6. The molecule has 3 unspecified atom stereocenters. The molecule has 0 aromatic rings. The molecule has 1 saturated carbocycles. The predicted octanol–water partition coefficient (Wildman–Crippen LogP) is 0.0285. The molecule has 3 N–H and O–H groups in total. The summed E-state index contributed by atoms with van der Waals surface area (Å²) in [5.74, 6) is 0.736. The maximum absolute atomic E-state index is 12.3. The number of hydrogen-bond acceptors (Lipinski definition) is 4. The molecule has 1 saturated heterocycles. The first-order chi connectivity index (χ1) is 8.56. The van der Waals surface area contributed by atoms with Crippen molar-refractivity contribution in [1.82, 2.24) is 15.3 Å². The van der Waals surface area contributed by atoms with Gasteiger partial charge in [0.05, 0.1) is 5.92 Å². The lowest BCUT2D eigenvalue weighted by Gasteiger charge is -2.36. The van der Waals surface area contributed by atoms with Crippen molar-refractivity contribution < 1.29 is 4.79 Å². The van der Waals surface area contributed by atoms with Gasteiger partial charge in [-0.2, -0.15) is 0 Å². The van der Waals surface area contributed by atoms with Crippen molar-refractivity contribution in [2.75, 3.05) is 33.2 Å². The Morgan fingerprint density at radius 2 is 1.89 bits per heavy atom. The summed E-state index contributed by atoms with van der Waals surface area (Å²) in [6.07, 6.45) is 3.06. The predicted molar refractivity (Wildman–Crippen MR) is 71.7 cm³/mol. The van der Waals surface area contributed by atoms with E-state index in [1.165, 1.54) is 0 Å². The van der Waals surface area contributed by atoms with Crippen LogP contribution in [-0.2, 0) is 4.79 Å². The van der Waals surface area contributed by atoms with Gasteiger partial charge in [-0.1, -0.05) is 6.92 Å². The molecule has 2 rings (SSSR count). The van der Waals surface area contributed by atoms with E-state index in [1.807, 2.05) is 5.01 Å². The van der Waals surface area contributed by atoms with Crippen LogP contribution in [0.5, 0.6) is 0 Å². The molecule has 5 nitrogen and oxygen atoms in total. The number of amides is 1. The average Bonchev–Trinajstić information content (AvgIpc) is 2.35. The summed E-state index contributed by atoms with van der Waals surface area (Å²) in [5, 5.41) is 2.04. The molecule has 104 valence electrons. The summed E-state index contributed by atoms with van der Waals surface area (Å²) >= 11 is 0. The van der Waals surface area contributed by atoms with E-state index in [0.717, 1.165) is 45.4 Å². The van der Waals surface area contributed by atoms with Gasteiger partial charge in [-0.05, 0) is 32.2 Å². The number of carbonyl (C=O) groups is 1. The Labute approximate surface area is 110 Å². The molecule has 5 heteroatoms. The van der Waals surface area contributed by atoms with Crippen LogP contribution in [0.4, 0.5) is 0 Å². The van der Waals surface area contributed by atoms with Crippen molar-refractivity contribution in [2.24, 2.45) is 17.6 Å². The van der Waals surface area contributed by atoms with E-state index in [-0.39, 0.29) is 17.9 Å². The van der Waals surface area contributed by atoms with E-state index in [9.17, 15) is 4.79 Å². The maximum Gasteiger partial charge on any atom is 0.238 e. The van der Waals surface area contributed by atoms with E-state index >= 15 is 0 Å². The van der Waals surface area contributed by atoms with Crippen molar-refractivity contribution in [2.45, 2.75) is 32.2 Å². The summed E-state index contributed by atoms with van der Waals surface area (Å²) in [6, 6.07) is 0.0358. The molecule has 1 amide bonds. The van der Waals surface area contributed by atoms with Gasteiger partial charge in [-0.3, -0.25) is 10.2 Å². The van der Waals surface area contributed by atoms with Gasteiger partial charge in [0.15, 0.2) is 0 Å². The third kappa shape index (κ3) is 3.43. The number of nitrogens with zero attached hydrogens (tertiary/aromatic N) is 2. The fourth-order valence-corrected chi connectivity index (χ4v) is 2.86. The quantitative estimate of drug-likeness (QED) is 0.730. The van der Waals surface area contributed by atoms with Crippen LogP contribution in [-0.4, -0.2) is 55.1 Å². The fourth-order valence-electron chi connectivity index (χ4n) is 2.86. The smallest absolute Gasteiger partial charge is 0.238 e. The molecule has 18 heavy (non-hydrogen) atoms. The first kappa shape index (κ1) is 13.8. The Morgan fingerprint density at radius 1 is 1.22 bits per heavy atom. The van der Waals surface area contributed by atoms with Gasteiger partial charge in [0.2, 0.25) is 5.91 Å². The number of nitrogens with two attached hydrogens (primary N) is 1. The highest BCUT2D eigenvalue weighted by molar-refractivity contribution is 5.79. The van der Waals surface area contributed by atoms with Crippen LogP contribution >= 0.6 is 0 Å². The van der Waals surface area contributed by atoms with Crippen molar-refractivity contribution >= 4 is 5.91 Å². The molecule has 3 atom stereocenters. The van der Waals surface area contributed by atoms with Crippen LogP contribution in [0.25, 0.3) is 0 Å². The number of nitrogens with one attached hydrogen (secondary N) is 1.